The van der Waals surface area contributed by atoms with Gasteiger partial charge in [-0.1, -0.05) is 44.4 Å². The van der Waals surface area contributed by atoms with Crippen LogP contribution >= 0.6 is 22.9 Å². The van der Waals surface area contributed by atoms with Gasteiger partial charge in [0, 0.05) is 16.8 Å². The van der Waals surface area contributed by atoms with Gasteiger partial charge in [-0.3, -0.25) is 19.0 Å². The summed E-state index contributed by atoms with van der Waals surface area (Å²) >= 11 is 7.34. The SMILES string of the molecule is Cc1ccc(NC(=O)Cn2cnc3sc(C(=O)N[C@@H]4CCC[C@@H](C)[C@@H]4C)c(C)c3c2=O)cc1Cl. The number of aromatic nitrogens is 2. The van der Waals surface area contributed by atoms with Gasteiger partial charge in [-0.15, -0.1) is 11.3 Å². The van der Waals surface area contributed by atoms with E-state index in [9.17, 15) is 14.4 Å². The number of thiophene rings is 1. The second-order valence-corrected chi connectivity index (χ2v) is 10.7. The molecular weight excluding hydrogens is 472 g/mol. The monoisotopic (exact) mass is 500 g/mol. The Labute approximate surface area is 207 Å². The van der Waals surface area contributed by atoms with Crippen LogP contribution < -0.4 is 16.2 Å². The summed E-state index contributed by atoms with van der Waals surface area (Å²) in [7, 11) is 0. The fraction of sp³-hybridized carbons (Fsp3) is 0.440. The van der Waals surface area contributed by atoms with Crippen molar-refractivity contribution in [3.05, 3.63) is 55.9 Å². The topological polar surface area (TPSA) is 93.1 Å². The van der Waals surface area contributed by atoms with Crippen LogP contribution in [0.1, 0.15) is 53.9 Å². The fourth-order valence-electron chi connectivity index (χ4n) is 4.53. The molecule has 7 nitrogen and oxygen atoms in total. The minimum absolute atomic E-state index is 0.129. The average Bonchev–Trinajstić information content (AvgIpc) is 3.13. The highest BCUT2D eigenvalue weighted by Crippen LogP contribution is 2.31. The number of nitrogens with one attached hydrogen (secondary N) is 2. The molecule has 1 aromatic carbocycles. The number of hydrogen-bond acceptors (Lipinski definition) is 5. The van der Waals surface area contributed by atoms with E-state index in [4.69, 9.17) is 11.6 Å². The molecule has 3 aromatic rings. The summed E-state index contributed by atoms with van der Waals surface area (Å²) in [4.78, 5) is 44.1. The second kappa shape index (κ2) is 9.88. The highest BCUT2D eigenvalue weighted by Gasteiger charge is 2.29. The number of anilines is 1. The third kappa shape index (κ3) is 4.88. The van der Waals surface area contributed by atoms with Gasteiger partial charge in [-0.25, -0.2) is 4.98 Å². The summed E-state index contributed by atoms with van der Waals surface area (Å²) < 4.78 is 1.26. The molecule has 0 bridgehead atoms. The summed E-state index contributed by atoms with van der Waals surface area (Å²) in [5.41, 5.74) is 1.73. The predicted molar refractivity (Wildman–Crippen MR) is 137 cm³/mol. The van der Waals surface area contributed by atoms with Crippen LogP contribution in [0.15, 0.2) is 29.3 Å². The number of amides is 2. The maximum atomic E-state index is 13.2. The summed E-state index contributed by atoms with van der Waals surface area (Å²) in [5.74, 6) is 0.448. The molecule has 3 atom stereocenters. The molecule has 0 saturated heterocycles. The van der Waals surface area contributed by atoms with E-state index in [1.165, 1.54) is 28.7 Å². The number of hydrogen-bond donors (Lipinski definition) is 2. The molecule has 2 heterocycles. The van der Waals surface area contributed by atoms with Crippen LogP contribution in [0.2, 0.25) is 5.02 Å². The molecule has 0 radical (unpaired) electrons. The lowest BCUT2D eigenvalue weighted by Crippen LogP contribution is -2.43. The first kappa shape index (κ1) is 24.4. The Morgan fingerprint density at radius 1 is 1.24 bits per heavy atom. The number of halogens is 1. The first-order valence-electron chi connectivity index (χ1n) is 11.5. The minimum atomic E-state index is -0.366. The Morgan fingerprint density at radius 2 is 2.00 bits per heavy atom. The summed E-state index contributed by atoms with van der Waals surface area (Å²) in [6.07, 6.45) is 4.61. The molecule has 2 amide bonds. The molecule has 0 spiro atoms. The standard InChI is InChI=1S/C25H29ClN4O3S/c1-13-6-5-7-19(15(13)3)29-23(32)22-16(4)21-24(34-22)27-12-30(25(21)33)11-20(31)28-17-9-8-14(2)18(26)10-17/h8-10,12-13,15,19H,5-7,11H2,1-4H3,(H,28,31)(H,29,32)/t13-,15+,19-/m1/s1. The van der Waals surface area contributed by atoms with E-state index in [-0.39, 0.29) is 30.0 Å². The van der Waals surface area contributed by atoms with Crippen LogP contribution in [0, 0.1) is 25.7 Å². The van der Waals surface area contributed by atoms with Crippen LogP contribution in [-0.2, 0) is 11.3 Å². The normalized spacial score (nSPS) is 20.3. The van der Waals surface area contributed by atoms with Crippen molar-refractivity contribution in [3.8, 4) is 0 Å². The Bertz CT molecular complexity index is 1320. The molecule has 2 aromatic heterocycles. The molecule has 1 aliphatic rings. The lowest BCUT2D eigenvalue weighted by atomic mass is 9.78. The molecule has 4 rings (SSSR count). The van der Waals surface area contributed by atoms with Gasteiger partial charge in [0.25, 0.3) is 11.5 Å². The van der Waals surface area contributed by atoms with Crippen LogP contribution in [-0.4, -0.2) is 27.4 Å². The zero-order valence-electron chi connectivity index (χ0n) is 19.8. The largest absolute Gasteiger partial charge is 0.348 e. The van der Waals surface area contributed by atoms with Gasteiger partial charge in [0.15, 0.2) is 0 Å². The Kier molecular flexibility index (Phi) is 7.09. The zero-order chi connectivity index (χ0) is 24.6. The smallest absolute Gasteiger partial charge is 0.262 e. The van der Waals surface area contributed by atoms with Crippen molar-refractivity contribution in [1.29, 1.82) is 0 Å². The average molecular weight is 501 g/mol. The van der Waals surface area contributed by atoms with Crippen LogP contribution in [0.25, 0.3) is 10.2 Å². The van der Waals surface area contributed by atoms with Gasteiger partial charge in [0.1, 0.15) is 11.4 Å². The van der Waals surface area contributed by atoms with Crippen LogP contribution in [0.5, 0.6) is 0 Å². The number of aryl methyl sites for hydroxylation is 2. The highest BCUT2D eigenvalue weighted by atomic mass is 35.5. The van der Waals surface area contributed by atoms with Gasteiger partial charge in [-0.2, -0.15) is 0 Å². The van der Waals surface area contributed by atoms with E-state index in [2.05, 4.69) is 29.5 Å². The number of carbonyl (C=O) groups excluding carboxylic acids is 2. The van der Waals surface area contributed by atoms with Crippen LogP contribution in [0.3, 0.4) is 0 Å². The quantitative estimate of drug-likeness (QED) is 0.520. The van der Waals surface area contributed by atoms with Crippen molar-refractivity contribution in [2.75, 3.05) is 5.32 Å². The summed E-state index contributed by atoms with van der Waals surface area (Å²) in [6.45, 7) is 7.86. The van der Waals surface area contributed by atoms with E-state index >= 15 is 0 Å². The molecular formula is C25H29ClN4O3S. The van der Waals surface area contributed by atoms with Crippen molar-refractivity contribution in [1.82, 2.24) is 14.9 Å². The lowest BCUT2D eigenvalue weighted by Gasteiger charge is -2.34. The van der Waals surface area contributed by atoms with E-state index in [0.717, 1.165) is 18.4 Å². The maximum Gasteiger partial charge on any atom is 0.262 e. The number of carbonyl (C=O) groups is 2. The molecule has 1 fully saturated rings. The molecule has 9 heteroatoms. The Hall–Kier alpha value is -2.71. The number of rotatable bonds is 5. The van der Waals surface area contributed by atoms with Gasteiger partial charge >= 0.3 is 0 Å². The van der Waals surface area contributed by atoms with Gasteiger partial charge < -0.3 is 10.6 Å². The van der Waals surface area contributed by atoms with Crippen molar-refractivity contribution in [2.24, 2.45) is 11.8 Å². The Balaban J connectivity index is 1.53. The maximum absolute atomic E-state index is 13.2. The third-order valence-corrected chi connectivity index (χ3v) is 8.52. The van der Waals surface area contributed by atoms with Gasteiger partial charge in [0.2, 0.25) is 5.91 Å². The van der Waals surface area contributed by atoms with Crippen molar-refractivity contribution in [3.63, 3.8) is 0 Å². The number of fused-ring (bicyclic) bond motifs is 1. The third-order valence-electron chi connectivity index (χ3n) is 6.92. The number of benzene rings is 1. The molecule has 2 N–H and O–H groups in total. The highest BCUT2D eigenvalue weighted by molar-refractivity contribution is 7.20. The molecule has 1 aliphatic carbocycles. The second-order valence-electron chi connectivity index (χ2n) is 9.27. The number of nitrogens with zero attached hydrogens (tertiary/aromatic N) is 2. The Morgan fingerprint density at radius 3 is 2.74 bits per heavy atom. The first-order chi connectivity index (χ1) is 16.2. The van der Waals surface area contributed by atoms with Crippen molar-refractivity contribution in [2.45, 2.75) is 59.5 Å². The van der Waals surface area contributed by atoms with E-state index in [1.807, 2.05) is 13.0 Å². The lowest BCUT2D eigenvalue weighted by molar-refractivity contribution is -0.116. The van der Waals surface area contributed by atoms with E-state index < -0.39 is 0 Å². The molecule has 180 valence electrons. The molecule has 1 saturated carbocycles. The summed E-state index contributed by atoms with van der Waals surface area (Å²) in [5, 5.41) is 6.87. The molecule has 0 aliphatic heterocycles. The molecule has 0 unspecified atom stereocenters. The van der Waals surface area contributed by atoms with Crippen molar-refractivity contribution >= 4 is 50.7 Å². The van der Waals surface area contributed by atoms with Gasteiger partial charge in [0.05, 0.1) is 16.6 Å². The van der Waals surface area contributed by atoms with Crippen LogP contribution in [0.4, 0.5) is 5.69 Å². The summed E-state index contributed by atoms with van der Waals surface area (Å²) in [6, 6.07) is 5.36. The van der Waals surface area contributed by atoms with E-state index in [0.29, 0.717) is 43.2 Å². The predicted octanol–water partition coefficient (Wildman–Crippen LogP) is 4.92. The van der Waals surface area contributed by atoms with Gasteiger partial charge in [-0.05, 0) is 55.4 Å². The van der Waals surface area contributed by atoms with E-state index in [1.54, 1.807) is 19.1 Å². The zero-order valence-corrected chi connectivity index (χ0v) is 21.3. The fourth-order valence-corrected chi connectivity index (χ4v) is 5.76. The van der Waals surface area contributed by atoms with Crippen molar-refractivity contribution < 1.29 is 9.59 Å². The molecule has 34 heavy (non-hydrogen) atoms. The minimum Gasteiger partial charge on any atom is -0.348 e. The first-order valence-corrected chi connectivity index (χ1v) is 12.7.